The summed E-state index contributed by atoms with van der Waals surface area (Å²) in [6.45, 7) is 5.11. The molecule has 1 heterocycles. The Morgan fingerprint density at radius 1 is 1.29 bits per heavy atom. The quantitative estimate of drug-likeness (QED) is 0.285. The van der Waals surface area contributed by atoms with E-state index < -0.39 is 0 Å². The summed E-state index contributed by atoms with van der Waals surface area (Å²) in [7, 11) is 1.71. The van der Waals surface area contributed by atoms with Crippen LogP contribution in [0.1, 0.15) is 18.9 Å². The van der Waals surface area contributed by atoms with Gasteiger partial charge in [-0.15, -0.1) is 24.0 Å². The number of nitrogens with zero attached hydrogens (tertiary/aromatic N) is 3. The van der Waals surface area contributed by atoms with E-state index in [4.69, 9.17) is 4.74 Å². The average molecular weight is 443 g/mol. The van der Waals surface area contributed by atoms with Crippen molar-refractivity contribution in [3.63, 3.8) is 0 Å². The Morgan fingerprint density at radius 3 is 2.88 bits per heavy atom. The van der Waals surface area contributed by atoms with Gasteiger partial charge in [-0.3, -0.25) is 0 Å². The lowest BCUT2D eigenvalue weighted by Crippen LogP contribution is -2.38. The molecule has 0 amide bonds. The van der Waals surface area contributed by atoms with Gasteiger partial charge in [0.05, 0.1) is 12.2 Å². The first-order valence-corrected chi connectivity index (χ1v) is 7.93. The lowest BCUT2D eigenvalue weighted by atomic mass is 10.2. The third kappa shape index (κ3) is 6.88. The summed E-state index contributed by atoms with van der Waals surface area (Å²) in [4.78, 5) is 4.63. The maximum Gasteiger partial charge on any atom is 0.191 e. The summed E-state index contributed by atoms with van der Waals surface area (Å²) in [6.07, 6.45) is 4.66. The molecule has 0 bridgehead atoms. The van der Waals surface area contributed by atoms with E-state index in [1.54, 1.807) is 13.3 Å². The van der Waals surface area contributed by atoms with Crippen LogP contribution in [0.25, 0.3) is 5.69 Å². The van der Waals surface area contributed by atoms with Crippen molar-refractivity contribution in [2.24, 2.45) is 4.99 Å². The number of benzene rings is 1. The number of halogens is 1. The molecule has 2 N–H and O–H groups in total. The standard InChI is InChI=1S/C17H25N5O.HI/c1-3-18-17(19-9-6-12-23-2)20-14-15-7-4-8-16(13-15)22-11-5-10-21-22;/h4-5,7-8,10-11,13H,3,6,9,12,14H2,1-2H3,(H2,18,19,20);1H. The summed E-state index contributed by atoms with van der Waals surface area (Å²) in [5, 5.41) is 10.8. The molecule has 0 saturated heterocycles. The minimum absolute atomic E-state index is 0. The van der Waals surface area contributed by atoms with Crippen LogP contribution in [0.5, 0.6) is 0 Å². The molecule has 0 saturated carbocycles. The Balaban J connectivity index is 0.00000288. The zero-order chi connectivity index (χ0) is 16.3. The maximum absolute atomic E-state index is 5.05. The third-order valence-electron chi connectivity index (χ3n) is 3.26. The van der Waals surface area contributed by atoms with E-state index in [1.165, 1.54) is 0 Å². The molecule has 1 aromatic carbocycles. The predicted octanol–water partition coefficient (Wildman–Crippen LogP) is 2.58. The number of guanidine groups is 1. The first kappa shape index (κ1) is 20.4. The Hall–Kier alpha value is -1.61. The normalized spacial score (nSPS) is 11.0. The number of aliphatic imine (C=N–C) groups is 1. The largest absolute Gasteiger partial charge is 0.385 e. The van der Waals surface area contributed by atoms with Gasteiger partial charge in [-0.2, -0.15) is 5.10 Å². The molecule has 6 nitrogen and oxygen atoms in total. The molecule has 0 atom stereocenters. The highest BCUT2D eigenvalue weighted by Crippen LogP contribution is 2.10. The molecule has 1 aromatic heterocycles. The van der Waals surface area contributed by atoms with Crippen LogP contribution in [0.2, 0.25) is 0 Å². The first-order valence-electron chi connectivity index (χ1n) is 7.93. The molecule has 2 aromatic rings. The number of hydrogen-bond donors (Lipinski definition) is 2. The molecule has 0 aliphatic heterocycles. The molecular weight excluding hydrogens is 417 g/mol. The molecule has 0 spiro atoms. The fourth-order valence-corrected chi connectivity index (χ4v) is 2.15. The average Bonchev–Trinajstić information content (AvgIpc) is 3.11. The number of rotatable bonds is 8. The van der Waals surface area contributed by atoms with Gasteiger partial charge in [-0.05, 0) is 37.1 Å². The van der Waals surface area contributed by atoms with E-state index in [0.29, 0.717) is 6.54 Å². The Morgan fingerprint density at radius 2 is 2.17 bits per heavy atom. The molecule has 24 heavy (non-hydrogen) atoms. The van der Waals surface area contributed by atoms with Crippen LogP contribution in [-0.2, 0) is 11.3 Å². The fraction of sp³-hybridized carbons (Fsp3) is 0.412. The van der Waals surface area contributed by atoms with Crippen molar-refractivity contribution in [2.75, 3.05) is 26.8 Å². The van der Waals surface area contributed by atoms with Crippen molar-refractivity contribution < 1.29 is 4.74 Å². The molecule has 0 aliphatic carbocycles. The molecule has 0 aliphatic rings. The monoisotopic (exact) mass is 443 g/mol. The molecule has 0 unspecified atom stereocenters. The molecule has 132 valence electrons. The predicted molar refractivity (Wildman–Crippen MR) is 108 cm³/mol. The van der Waals surface area contributed by atoms with E-state index in [0.717, 1.165) is 43.3 Å². The summed E-state index contributed by atoms with van der Waals surface area (Å²) in [6, 6.07) is 10.2. The van der Waals surface area contributed by atoms with Gasteiger partial charge in [0.25, 0.3) is 0 Å². The summed E-state index contributed by atoms with van der Waals surface area (Å²) >= 11 is 0. The van der Waals surface area contributed by atoms with Crippen LogP contribution in [0, 0.1) is 0 Å². The number of ether oxygens (including phenoxy) is 1. The Labute approximate surface area is 160 Å². The second-order valence-corrected chi connectivity index (χ2v) is 5.09. The van der Waals surface area contributed by atoms with Gasteiger partial charge >= 0.3 is 0 Å². The minimum Gasteiger partial charge on any atom is -0.385 e. The highest BCUT2D eigenvalue weighted by Gasteiger charge is 2.00. The topological polar surface area (TPSA) is 63.5 Å². The van der Waals surface area contributed by atoms with Crippen LogP contribution in [-0.4, -0.2) is 42.5 Å². The number of hydrogen-bond acceptors (Lipinski definition) is 3. The summed E-state index contributed by atoms with van der Waals surface area (Å²) in [5.74, 6) is 0.827. The Bertz CT molecular complexity index is 601. The van der Waals surface area contributed by atoms with E-state index in [-0.39, 0.29) is 24.0 Å². The van der Waals surface area contributed by atoms with Crippen molar-refractivity contribution in [3.8, 4) is 5.69 Å². The highest BCUT2D eigenvalue weighted by atomic mass is 127. The van der Waals surface area contributed by atoms with Gasteiger partial charge in [-0.1, -0.05) is 12.1 Å². The van der Waals surface area contributed by atoms with Crippen LogP contribution in [0.4, 0.5) is 0 Å². The lowest BCUT2D eigenvalue weighted by Gasteiger charge is -2.11. The number of methoxy groups -OCH3 is 1. The van der Waals surface area contributed by atoms with Crippen molar-refractivity contribution >= 4 is 29.9 Å². The zero-order valence-corrected chi connectivity index (χ0v) is 16.6. The van der Waals surface area contributed by atoms with Crippen molar-refractivity contribution in [1.82, 2.24) is 20.4 Å². The maximum atomic E-state index is 5.05. The lowest BCUT2D eigenvalue weighted by molar-refractivity contribution is 0.195. The molecule has 7 heteroatoms. The van der Waals surface area contributed by atoms with Crippen LogP contribution in [0.3, 0.4) is 0 Å². The van der Waals surface area contributed by atoms with Crippen LogP contribution < -0.4 is 10.6 Å². The SMILES string of the molecule is CCNC(=NCc1cccc(-n2cccn2)c1)NCCCOC.I. The van der Waals surface area contributed by atoms with Crippen molar-refractivity contribution in [1.29, 1.82) is 0 Å². The van der Waals surface area contributed by atoms with Gasteiger partial charge < -0.3 is 15.4 Å². The zero-order valence-electron chi connectivity index (χ0n) is 14.2. The second-order valence-electron chi connectivity index (χ2n) is 5.09. The van der Waals surface area contributed by atoms with Crippen molar-refractivity contribution in [3.05, 3.63) is 48.3 Å². The summed E-state index contributed by atoms with van der Waals surface area (Å²) in [5.41, 5.74) is 2.19. The molecule has 0 radical (unpaired) electrons. The van der Waals surface area contributed by atoms with Gasteiger partial charge in [0.15, 0.2) is 5.96 Å². The van der Waals surface area contributed by atoms with Gasteiger partial charge in [0.2, 0.25) is 0 Å². The van der Waals surface area contributed by atoms with E-state index in [2.05, 4.69) is 39.8 Å². The fourth-order valence-electron chi connectivity index (χ4n) is 2.15. The number of nitrogens with one attached hydrogen (secondary N) is 2. The number of aromatic nitrogens is 2. The van der Waals surface area contributed by atoms with Crippen LogP contribution in [0.15, 0.2) is 47.7 Å². The second kappa shape index (κ2) is 11.9. The smallest absolute Gasteiger partial charge is 0.191 e. The third-order valence-corrected chi connectivity index (χ3v) is 3.26. The molecule has 0 fully saturated rings. The van der Waals surface area contributed by atoms with Gasteiger partial charge in [0, 0.05) is 39.2 Å². The first-order chi connectivity index (χ1) is 11.3. The minimum atomic E-state index is 0. The van der Waals surface area contributed by atoms with E-state index in [9.17, 15) is 0 Å². The van der Waals surface area contributed by atoms with E-state index >= 15 is 0 Å². The summed E-state index contributed by atoms with van der Waals surface area (Å²) < 4.78 is 6.90. The van der Waals surface area contributed by atoms with Crippen molar-refractivity contribution in [2.45, 2.75) is 19.9 Å². The molecule has 2 rings (SSSR count). The molecular formula is C17H26IN5O. The Kier molecular flexibility index (Phi) is 10.1. The van der Waals surface area contributed by atoms with E-state index in [1.807, 2.05) is 29.1 Å². The van der Waals surface area contributed by atoms with Crippen LogP contribution >= 0.6 is 24.0 Å². The highest BCUT2D eigenvalue weighted by molar-refractivity contribution is 14.0. The van der Waals surface area contributed by atoms with Gasteiger partial charge in [0.1, 0.15) is 0 Å². The van der Waals surface area contributed by atoms with Gasteiger partial charge in [-0.25, -0.2) is 9.67 Å².